The SMILES string of the molecule is CC(C)C(=O)N1[C@@H](C(=O)Nc2ccccc2F)CS[C@H]1c1ccccc1Cl. The molecule has 142 valence electrons. The van der Waals surface area contributed by atoms with Crippen LogP contribution in [0.2, 0.25) is 5.02 Å². The highest BCUT2D eigenvalue weighted by molar-refractivity contribution is 7.99. The molecule has 4 nitrogen and oxygen atoms in total. The Morgan fingerprint density at radius 2 is 1.85 bits per heavy atom. The van der Waals surface area contributed by atoms with E-state index in [0.717, 1.165) is 5.56 Å². The first-order valence-electron chi connectivity index (χ1n) is 8.63. The number of halogens is 2. The van der Waals surface area contributed by atoms with Crippen LogP contribution in [0.25, 0.3) is 0 Å². The number of amides is 2. The molecule has 0 aromatic heterocycles. The number of hydrogen-bond donors (Lipinski definition) is 1. The van der Waals surface area contributed by atoms with Crippen molar-refractivity contribution in [3.8, 4) is 0 Å². The van der Waals surface area contributed by atoms with Gasteiger partial charge in [0.25, 0.3) is 0 Å². The van der Waals surface area contributed by atoms with Crippen LogP contribution >= 0.6 is 23.4 Å². The van der Waals surface area contributed by atoms with E-state index in [2.05, 4.69) is 5.32 Å². The molecule has 0 radical (unpaired) electrons. The average molecular weight is 407 g/mol. The van der Waals surface area contributed by atoms with Crippen molar-refractivity contribution in [2.75, 3.05) is 11.1 Å². The van der Waals surface area contributed by atoms with E-state index in [-0.39, 0.29) is 22.9 Å². The molecule has 0 aliphatic carbocycles. The summed E-state index contributed by atoms with van der Waals surface area (Å²) >= 11 is 7.81. The van der Waals surface area contributed by atoms with Gasteiger partial charge in [-0.25, -0.2) is 4.39 Å². The Labute approximate surface area is 167 Å². The van der Waals surface area contributed by atoms with Crippen LogP contribution in [0, 0.1) is 11.7 Å². The van der Waals surface area contributed by atoms with Crippen molar-refractivity contribution < 1.29 is 14.0 Å². The van der Waals surface area contributed by atoms with Gasteiger partial charge in [0, 0.05) is 22.3 Å². The van der Waals surface area contributed by atoms with Crippen LogP contribution in [0.4, 0.5) is 10.1 Å². The van der Waals surface area contributed by atoms with E-state index in [9.17, 15) is 14.0 Å². The Balaban J connectivity index is 1.90. The largest absolute Gasteiger partial charge is 0.322 e. The molecule has 2 aromatic rings. The maximum absolute atomic E-state index is 13.9. The van der Waals surface area contributed by atoms with Gasteiger partial charge >= 0.3 is 0 Å². The molecule has 0 bridgehead atoms. The van der Waals surface area contributed by atoms with Crippen LogP contribution in [0.5, 0.6) is 0 Å². The quantitative estimate of drug-likeness (QED) is 0.799. The van der Waals surface area contributed by atoms with Gasteiger partial charge in [0.2, 0.25) is 11.8 Å². The topological polar surface area (TPSA) is 49.4 Å². The number of carbonyl (C=O) groups is 2. The molecular formula is C20H20ClFN2O2S. The van der Waals surface area contributed by atoms with E-state index in [0.29, 0.717) is 10.8 Å². The zero-order valence-corrected chi connectivity index (χ0v) is 16.6. The van der Waals surface area contributed by atoms with Crippen molar-refractivity contribution in [1.82, 2.24) is 4.90 Å². The lowest BCUT2D eigenvalue weighted by Crippen LogP contribution is -2.47. The molecule has 1 saturated heterocycles. The van der Waals surface area contributed by atoms with Gasteiger partial charge < -0.3 is 10.2 Å². The standard InChI is InChI=1S/C20H20ClFN2O2S/c1-12(2)19(26)24-17(18(25)23-16-10-6-5-9-15(16)22)11-27-20(24)13-7-3-4-8-14(13)21/h3-10,12,17,20H,11H2,1-2H3,(H,23,25)/t17-,20+/m1/s1. The van der Waals surface area contributed by atoms with Crippen molar-refractivity contribution in [3.05, 3.63) is 64.9 Å². The molecule has 0 saturated carbocycles. The van der Waals surface area contributed by atoms with E-state index >= 15 is 0 Å². The summed E-state index contributed by atoms with van der Waals surface area (Å²) in [6.45, 7) is 3.58. The van der Waals surface area contributed by atoms with Crippen molar-refractivity contribution in [2.45, 2.75) is 25.3 Å². The lowest BCUT2D eigenvalue weighted by atomic mass is 10.1. The number of hydrogen-bond acceptors (Lipinski definition) is 3. The molecule has 1 heterocycles. The van der Waals surface area contributed by atoms with Gasteiger partial charge in [-0.05, 0) is 18.2 Å². The van der Waals surface area contributed by atoms with Gasteiger partial charge in [0.15, 0.2) is 0 Å². The van der Waals surface area contributed by atoms with Crippen LogP contribution in [0.15, 0.2) is 48.5 Å². The summed E-state index contributed by atoms with van der Waals surface area (Å²) in [5.74, 6) is -0.928. The number of para-hydroxylation sites is 1. The van der Waals surface area contributed by atoms with Crippen molar-refractivity contribution in [3.63, 3.8) is 0 Å². The second-order valence-corrected chi connectivity index (χ2v) is 8.11. The number of anilines is 1. The summed E-state index contributed by atoms with van der Waals surface area (Å²) in [7, 11) is 0. The molecule has 0 spiro atoms. The summed E-state index contributed by atoms with van der Waals surface area (Å²) in [5, 5.41) is 2.80. The minimum absolute atomic E-state index is 0.102. The summed E-state index contributed by atoms with van der Waals surface area (Å²) in [6.07, 6.45) is 0. The number of rotatable bonds is 4. The Kier molecular flexibility index (Phi) is 6.07. The maximum atomic E-state index is 13.9. The van der Waals surface area contributed by atoms with Gasteiger partial charge in [-0.15, -0.1) is 11.8 Å². The van der Waals surface area contributed by atoms with Crippen LogP contribution in [0.3, 0.4) is 0 Å². The third kappa shape index (κ3) is 4.12. The van der Waals surface area contributed by atoms with Gasteiger partial charge in [-0.3, -0.25) is 9.59 Å². The summed E-state index contributed by atoms with van der Waals surface area (Å²) in [6, 6.07) is 12.6. The molecule has 2 amide bonds. The molecular weight excluding hydrogens is 387 g/mol. The summed E-state index contributed by atoms with van der Waals surface area (Å²) in [4.78, 5) is 27.3. The van der Waals surface area contributed by atoms with E-state index in [1.807, 2.05) is 18.2 Å². The molecule has 1 N–H and O–H groups in total. The number of thioether (sulfide) groups is 1. The van der Waals surface area contributed by atoms with E-state index in [4.69, 9.17) is 11.6 Å². The smallest absolute Gasteiger partial charge is 0.248 e. The zero-order chi connectivity index (χ0) is 19.6. The van der Waals surface area contributed by atoms with Crippen LogP contribution in [-0.4, -0.2) is 28.5 Å². The van der Waals surface area contributed by atoms with Crippen molar-refractivity contribution in [2.24, 2.45) is 5.92 Å². The van der Waals surface area contributed by atoms with Gasteiger partial charge in [-0.2, -0.15) is 0 Å². The second-order valence-electron chi connectivity index (χ2n) is 6.59. The number of nitrogens with one attached hydrogen (secondary N) is 1. The first-order chi connectivity index (χ1) is 12.9. The lowest BCUT2D eigenvalue weighted by Gasteiger charge is -2.31. The summed E-state index contributed by atoms with van der Waals surface area (Å²) < 4.78 is 13.9. The van der Waals surface area contributed by atoms with Gasteiger partial charge in [0.1, 0.15) is 17.2 Å². The number of benzene rings is 2. The molecule has 2 atom stereocenters. The third-order valence-corrected chi connectivity index (χ3v) is 6.00. The Bertz CT molecular complexity index is 861. The second kappa shape index (κ2) is 8.31. The highest BCUT2D eigenvalue weighted by atomic mass is 35.5. The average Bonchev–Trinajstić information content (AvgIpc) is 3.08. The molecule has 0 unspecified atom stereocenters. The highest BCUT2D eigenvalue weighted by Gasteiger charge is 2.43. The van der Waals surface area contributed by atoms with E-state index in [1.54, 1.807) is 36.9 Å². The molecule has 1 aliphatic rings. The molecule has 3 rings (SSSR count). The fourth-order valence-corrected chi connectivity index (χ4v) is 4.75. The maximum Gasteiger partial charge on any atom is 0.248 e. The molecule has 2 aromatic carbocycles. The predicted octanol–water partition coefficient (Wildman–Crippen LogP) is 4.72. The molecule has 27 heavy (non-hydrogen) atoms. The van der Waals surface area contributed by atoms with Crippen LogP contribution in [-0.2, 0) is 9.59 Å². The fraction of sp³-hybridized carbons (Fsp3) is 0.300. The monoisotopic (exact) mass is 406 g/mol. The lowest BCUT2D eigenvalue weighted by molar-refractivity contribution is -0.140. The van der Waals surface area contributed by atoms with Crippen LogP contribution in [0.1, 0.15) is 24.8 Å². The fourth-order valence-electron chi connectivity index (χ4n) is 2.97. The Morgan fingerprint density at radius 1 is 1.19 bits per heavy atom. The molecule has 1 aliphatic heterocycles. The van der Waals surface area contributed by atoms with Crippen LogP contribution < -0.4 is 5.32 Å². The third-order valence-electron chi connectivity index (χ3n) is 4.35. The van der Waals surface area contributed by atoms with Gasteiger partial charge in [0.05, 0.1) is 5.69 Å². The Morgan fingerprint density at radius 3 is 2.52 bits per heavy atom. The molecule has 1 fully saturated rings. The number of nitrogens with zero attached hydrogens (tertiary/aromatic N) is 1. The predicted molar refractivity (Wildman–Crippen MR) is 107 cm³/mol. The minimum Gasteiger partial charge on any atom is -0.322 e. The Hall–Kier alpha value is -2.05. The summed E-state index contributed by atoms with van der Waals surface area (Å²) in [5.41, 5.74) is 0.894. The van der Waals surface area contributed by atoms with E-state index in [1.165, 1.54) is 23.9 Å². The van der Waals surface area contributed by atoms with E-state index < -0.39 is 17.8 Å². The zero-order valence-electron chi connectivity index (χ0n) is 15.0. The first-order valence-corrected chi connectivity index (χ1v) is 10.1. The van der Waals surface area contributed by atoms with Gasteiger partial charge in [-0.1, -0.05) is 55.8 Å². The first kappa shape index (κ1) is 19.7. The number of carbonyl (C=O) groups excluding carboxylic acids is 2. The molecule has 7 heteroatoms. The van der Waals surface area contributed by atoms with Crippen molar-refractivity contribution >= 4 is 40.9 Å². The minimum atomic E-state index is -0.703. The normalized spacial score (nSPS) is 19.4. The van der Waals surface area contributed by atoms with Crippen molar-refractivity contribution in [1.29, 1.82) is 0 Å². The highest BCUT2D eigenvalue weighted by Crippen LogP contribution is 2.44.